The molecule has 0 amide bonds. The van der Waals surface area contributed by atoms with Crippen LogP contribution in [0.15, 0.2) is 30.6 Å². The zero-order valence-corrected chi connectivity index (χ0v) is 14.4. The van der Waals surface area contributed by atoms with Gasteiger partial charge in [0.05, 0.1) is 14.2 Å². The molecule has 0 bridgehead atoms. The Hall–Kier alpha value is -2.74. The number of pyridine rings is 1. The fraction of sp³-hybridized carbons (Fsp3) is 0.412. The third kappa shape index (κ3) is 5.39. The number of hydrogen-bond donors (Lipinski definition) is 1. The number of aromatic nitrogens is 3. The average molecular weight is 346 g/mol. The summed E-state index contributed by atoms with van der Waals surface area (Å²) in [6, 6.07) is 5.36. The van der Waals surface area contributed by atoms with Crippen molar-refractivity contribution in [3.05, 3.63) is 47.5 Å². The minimum absolute atomic E-state index is 0.0912. The Kier molecular flexibility index (Phi) is 7.09. The first kappa shape index (κ1) is 18.6. The first-order valence-corrected chi connectivity index (χ1v) is 7.99. The number of carbonyl (C=O) groups excluding carboxylic acids is 2. The Bertz CT molecular complexity index is 700. The van der Waals surface area contributed by atoms with Crippen molar-refractivity contribution in [1.29, 1.82) is 0 Å². The molecule has 0 aliphatic heterocycles. The van der Waals surface area contributed by atoms with Crippen molar-refractivity contribution in [3.8, 4) is 0 Å². The number of aryl methyl sites for hydroxylation is 1. The van der Waals surface area contributed by atoms with Crippen molar-refractivity contribution in [2.75, 3.05) is 27.3 Å². The van der Waals surface area contributed by atoms with E-state index in [1.807, 2.05) is 12.1 Å². The molecule has 8 heteroatoms. The third-order valence-electron chi connectivity index (χ3n) is 3.63. The van der Waals surface area contributed by atoms with Gasteiger partial charge in [0.2, 0.25) is 0 Å². The van der Waals surface area contributed by atoms with Crippen LogP contribution < -0.4 is 5.32 Å². The van der Waals surface area contributed by atoms with Crippen molar-refractivity contribution < 1.29 is 19.1 Å². The number of methoxy groups -OCH3 is 2. The van der Waals surface area contributed by atoms with E-state index in [0.29, 0.717) is 6.54 Å². The van der Waals surface area contributed by atoms with E-state index in [-0.39, 0.29) is 11.4 Å². The summed E-state index contributed by atoms with van der Waals surface area (Å²) >= 11 is 0. The fourth-order valence-corrected chi connectivity index (χ4v) is 2.32. The zero-order valence-electron chi connectivity index (χ0n) is 14.4. The van der Waals surface area contributed by atoms with Gasteiger partial charge in [-0.2, -0.15) is 5.10 Å². The molecule has 0 unspecified atom stereocenters. The van der Waals surface area contributed by atoms with Gasteiger partial charge in [-0.1, -0.05) is 0 Å². The van der Waals surface area contributed by atoms with Gasteiger partial charge < -0.3 is 14.8 Å². The van der Waals surface area contributed by atoms with Gasteiger partial charge in [0.25, 0.3) is 0 Å². The highest BCUT2D eigenvalue weighted by molar-refractivity contribution is 5.93. The first-order chi connectivity index (χ1) is 12.2. The number of nitrogens with one attached hydrogen (secondary N) is 1. The molecule has 2 aromatic rings. The predicted molar refractivity (Wildman–Crippen MR) is 90.3 cm³/mol. The highest BCUT2D eigenvalue weighted by Gasteiger charge is 2.19. The van der Waals surface area contributed by atoms with Gasteiger partial charge in [-0.15, -0.1) is 0 Å². The Morgan fingerprint density at radius 2 is 1.84 bits per heavy atom. The molecule has 2 heterocycles. The Morgan fingerprint density at radius 1 is 1.12 bits per heavy atom. The van der Waals surface area contributed by atoms with Crippen molar-refractivity contribution in [2.45, 2.75) is 19.4 Å². The lowest BCUT2D eigenvalue weighted by Gasteiger charge is -2.07. The average Bonchev–Trinajstić information content (AvgIpc) is 3.08. The van der Waals surface area contributed by atoms with Gasteiger partial charge >= 0.3 is 11.9 Å². The second-order valence-corrected chi connectivity index (χ2v) is 5.33. The van der Waals surface area contributed by atoms with Crippen molar-refractivity contribution in [2.24, 2.45) is 0 Å². The molecule has 25 heavy (non-hydrogen) atoms. The van der Waals surface area contributed by atoms with Crippen molar-refractivity contribution in [3.63, 3.8) is 0 Å². The lowest BCUT2D eigenvalue weighted by molar-refractivity contribution is 0.0580. The molecular formula is C17H22N4O4. The maximum atomic E-state index is 11.8. The number of carbonyl (C=O) groups is 2. The topological polar surface area (TPSA) is 95.3 Å². The van der Waals surface area contributed by atoms with Gasteiger partial charge in [0.1, 0.15) is 5.69 Å². The summed E-state index contributed by atoms with van der Waals surface area (Å²) in [4.78, 5) is 27.4. The summed E-state index contributed by atoms with van der Waals surface area (Å²) in [5.74, 6) is -1.12. The summed E-state index contributed by atoms with van der Waals surface area (Å²) in [6.45, 7) is 2.10. The summed E-state index contributed by atoms with van der Waals surface area (Å²) in [5.41, 5.74) is 1.55. The van der Waals surface area contributed by atoms with E-state index in [2.05, 4.69) is 20.1 Å². The lowest BCUT2D eigenvalue weighted by Crippen LogP contribution is -2.21. The molecule has 0 aliphatic rings. The largest absolute Gasteiger partial charge is 0.464 e. The summed E-state index contributed by atoms with van der Waals surface area (Å²) in [6.07, 6.45) is 5.23. The van der Waals surface area contributed by atoms with Crippen LogP contribution in [0.4, 0.5) is 0 Å². The molecule has 0 radical (unpaired) electrons. The van der Waals surface area contributed by atoms with Gasteiger partial charge in [0.15, 0.2) is 5.69 Å². The summed E-state index contributed by atoms with van der Waals surface area (Å²) < 4.78 is 10.8. The molecule has 0 aliphatic carbocycles. The number of esters is 2. The number of nitrogens with zero attached hydrogens (tertiary/aromatic N) is 3. The number of hydrogen-bond acceptors (Lipinski definition) is 7. The lowest BCUT2D eigenvalue weighted by atomic mass is 10.2. The molecule has 0 spiro atoms. The number of rotatable bonds is 9. The summed E-state index contributed by atoms with van der Waals surface area (Å²) in [5, 5.41) is 7.46. The molecule has 0 atom stereocenters. The molecule has 2 aromatic heterocycles. The summed E-state index contributed by atoms with van der Waals surface area (Å²) in [7, 11) is 2.56. The van der Waals surface area contributed by atoms with Gasteiger partial charge in [-0.25, -0.2) is 9.59 Å². The van der Waals surface area contributed by atoms with E-state index in [4.69, 9.17) is 4.74 Å². The van der Waals surface area contributed by atoms with Crippen LogP contribution in [0.5, 0.6) is 0 Å². The third-order valence-corrected chi connectivity index (χ3v) is 3.63. The van der Waals surface area contributed by atoms with Crippen LogP contribution in [0.2, 0.25) is 0 Å². The van der Waals surface area contributed by atoms with Gasteiger partial charge in [-0.3, -0.25) is 9.67 Å². The minimum atomic E-state index is -0.584. The predicted octanol–water partition coefficient (Wildman–Crippen LogP) is 1.07. The molecule has 0 saturated carbocycles. The second kappa shape index (κ2) is 9.53. The highest BCUT2D eigenvalue weighted by atomic mass is 16.5. The van der Waals surface area contributed by atoms with E-state index >= 15 is 0 Å². The number of ether oxygens (including phenoxy) is 2. The first-order valence-electron chi connectivity index (χ1n) is 7.99. The Balaban J connectivity index is 1.82. The van der Waals surface area contributed by atoms with Crippen LogP contribution in [-0.4, -0.2) is 54.0 Å². The maximum Gasteiger partial charge on any atom is 0.358 e. The molecule has 8 nitrogen and oxygen atoms in total. The van der Waals surface area contributed by atoms with Gasteiger partial charge in [-0.05, 0) is 43.6 Å². The molecular weight excluding hydrogens is 324 g/mol. The molecule has 2 rings (SSSR count). The van der Waals surface area contributed by atoms with E-state index in [0.717, 1.165) is 25.9 Å². The van der Waals surface area contributed by atoms with E-state index in [9.17, 15) is 9.59 Å². The zero-order chi connectivity index (χ0) is 18.1. The monoisotopic (exact) mass is 346 g/mol. The highest BCUT2D eigenvalue weighted by Crippen LogP contribution is 2.08. The van der Waals surface area contributed by atoms with Crippen LogP contribution in [0.1, 0.15) is 33.0 Å². The van der Waals surface area contributed by atoms with Crippen LogP contribution >= 0.6 is 0 Å². The SMILES string of the molecule is COC(=O)c1cc(C(=O)OC)n(CCCNCCc2ccncc2)n1. The van der Waals surface area contributed by atoms with Crippen LogP contribution in [0, 0.1) is 0 Å². The second-order valence-electron chi connectivity index (χ2n) is 5.33. The normalized spacial score (nSPS) is 10.5. The van der Waals surface area contributed by atoms with Crippen LogP contribution in [0.3, 0.4) is 0 Å². The molecule has 0 aromatic carbocycles. The molecule has 0 fully saturated rings. The van der Waals surface area contributed by atoms with Crippen LogP contribution in [-0.2, 0) is 22.4 Å². The van der Waals surface area contributed by atoms with E-state index in [1.54, 1.807) is 12.4 Å². The van der Waals surface area contributed by atoms with E-state index in [1.165, 1.54) is 30.5 Å². The molecule has 134 valence electrons. The smallest absolute Gasteiger partial charge is 0.358 e. The van der Waals surface area contributed by atoms with Crippen LogP contribution in [0.25, 0.3) is 0 Å². The maximum absolute atomic E-state index is 11.8. The van der Waals surface area contributed by atoms with Crippen molar-refractivity contribution in [1.82, 2.24) is 20.1 Å². The van der Waals surface area contributed by atoms with Gasteiger partial charge in [0, 0.05) is 25.0 Å². The Morgan fingerprint density at radius 3 is 2.52 bits per heavy atom. The standard InChI is InChI=1S/C17H22N4O4/c1-24-16(22)14-12-15(17(23)25-2)21(20-14)11-3-7-18-8-4-13-5-9-19-10-6-13/h5-6,9-10,12,18H,3-4,7-8,11H2,1-2H3. The van der Waals surface area contributed by atoms with E-state index < -0.39 is 11.9 Å². The Labute approximate surface area is 146 Å². The minimum Gasteiger partial charge on any atom is -0.464 e. The quantitative estimate of drug-likeness (QED) is 0.536. The fourth-order valence-electron chi connectivity index (χ4n) is 2.32. The molecule has 1 N–H and O–H groups in total. The van der Waals surface area contributed by atoms with Crippen molar-refractivity contribution >= 4 is 11.9 Å². The molecule has 0 saturated heterocycles.